The number of hydrogen-bond donors (Lipinski definition) is 1. The molecule has 5 nitrogen and oxygen atoms in total. The highest BCUT2D eigenvalue weighted by atomic mass is 35.5. The average Bonchev–Trinajstić information content (AvgIpc) is 2.20. The Morgan fingerprint density at radius 2 is 2.11 bits per heavy atom. The summed E-state index contributed by atoms with van der Waals surface area (Å²) in [5.41, 5.74) is 0.0863. The van der Waals surface area contributed by atoms with Crippen molar-refractivity contribution in [1.82, 2.24) is 0 Å². The number of benzene rings is 1. The Morgan fingerprint density at radius 1 is 1.44 bits per heavy atom. The van der Waals surface area contributed by atoms with Crippen LogP contribution < -0.4 is 5.32 Å². The van der Waals surface area contributed by atoms with Gasteiger partial charge in [0.15, 0.2) is 0 Å². The summed E-state index contributed by atoms with van der Waals surface area (Å²) in [5, 5.41) is 2.81. The zero-order valence-electron chi connectivity index (χ0n) is 10.3. The second-order valence-electron chi connectivity index (χ2n) is 4.50. The van der Waals surface area contributed by atoms with E-state index in [4.69, 9.17) is 16.3 Å². The molecule has 1 amide bonds. The van der Waals surface area contributed by atoms with Crippen LogP contribution in [0.25, 0.3) is 0 Å². The monoisotopic (exact) mass is 268 g/mol. The smallest absolute Gasteiger partial charge is 0.412 e. The molecule has 96 valence electrons. The summed E-state index contributed by atoms with van der Waals surface area (Å²) in [7, 11) is 0. The van der Waals surface area contributed by atoms with Crippen LogP contribution in [0.3, 0.4) is 0 Å². The number of carbonyl (C=O) groups is 1. The number of aliphatic imine (C=N–C) groups is 1. The van der Waals surface area contributed by atoms with Crippen LogP contribution in [0.1, 0.15) is 20.8 Å². The Balaban J connectivity index is 2.83. The lowest BCUT2D eigenvalue weighted by Gasteiger charge is -2.19. The van der Waals surface area contributed by atoms with Gasteiger partial charge in [-0.1, -0.05) is 11.6 Å². The molecule has 0 saturated carbocycles. The van der Waals surface area contributed by atoms with Gasteiger partial charge in [0.2, 0.25) is 6.08 Å². The van der Waals surface area contributed by atoms with Gasteiger partial charge in [-0.25, -0.2) is 9.59 Å². The SMILES string of the molecule is CC(C)(C)OC(=O)Nc1ccc(Cl)c(N=C=O)c1. The first kappa shape index (κ1) is 14.2. The first-order valence-electron chi connectivity index (χ1n) is 5.19. The molecule has 0 spiro atoms. The number of amides is 1. The van der Waals surface area contributed by atoms with E-state index in [1.54, 1.807) is 26.8 Å². The van der Waals surface area contributed by atoms with E-state index in [1.807, 2.05) is 0 Å². The summed E-state index contributed by atoms with van der Waals surface area (Å²) < 4.78 is 5.08. The molecular formula is C12H13ClN2O3. The van der Waals surface area contributed by atoms with Crippen molar-refractivity contribution in [3.05, 3.63) is 23.2 Å². The Bertz CT molecular complexity index is 503. The van der Waals surface area contributed by atoms with Gasteiger partial charge in [-0.3, -0.25) is 5.32 Å². The van der Waals surface area contributed by atoms with Crippen molar-refractivity contribution < 1.29 is 14.3 Å². The maximum atomic E-state index is 11.5. The molecular weight excluding hydrogens is 256 g/mol. The van der Waals surface area contributed by atoms with Gasteiger partial charge in [-0.15, -0.1) is 0 Å². The second kappa shape index (κ2) is 5.67. The van der Waals surface area contributed by atoms with Gasteiger partial charge in [-0.2, -0.15) is 4.99 Å². The number of rotatable bonds is 2. The van der Waals surface area contributed by atoms with Crippen molar-refractivity contribution in [3.8, 4) is 0 Å². The molecule has 0 saturated heterocycles. The number of carbonyl (C=O) groups excluding carboxylic acids is 2. The van der Waals surface area contributed by atoms with E-state index in [2.05, 4.69) is 10.3 Å². The lowest BCUT2D eigenvalue weighted by atomic mass is 10.2. The number of hydrogen-bond acceptors (Lipinski definition) is 4. The minimum atomic E-state index is -0.592. The summed E-state index contributed by atoms with van der Waals surface area (Å²) in [5.74, 6) is 0. The molecule has 0 aromatic heterocycles. The van der Waals surface area contributed by atoms with Crippen molar-refractivity contribution in [2.45, 2.75) is 26.4 Å². The van der Waals surface area contributed by atoms with Crippen LogP contribution in [0, 0.1) is 0 Å². The zero-order valence-corrected chi connectivity index (χ0v) is 11.0. The highest BCUT2D eigenvalue weighted by Gasteiger charge is 2.16. The molecule has 0 atom stereocenters. The Kier molecular flexibility index (Phi) is 4.48. The molecule has 0 aliphatic rings. The fraction of sp³-hybridized carbons (Fsp3) is 0.333. The normalized spacial score (nSPS) is 10.4. The number of ether oxygens (including phenoxy) is 1. The maximum absolute atomic E-state index is 11.5. The van der Waals surface area contributed by atoms with Gasteiger partial charge in [-0.05, 0) is 39.0 Å². The fourth-order valence-electron chi connectivity index (χ4n) is 1.15. The molecule has 0 fully saturated rings. The predicted molar refractivity (Wildman–Crippen MR) is 69.1 cm³/mol. The first-order chi connectivity index (χ1) is 8.31. The van der Waals surface area contributed by atoms with Crippen LogP contribution in [-0.4, -0.2) is 17.8 Å². The second-order valence-corrected chi connectivity index (χ2v) is 4.90. The third-order valence-electron chi connectivity index (χ3n) is 1.76. The molecule has 1 aromatic rings. The lowest BCUT2D eigenvalue weighted by molar-refractivity contribution is 0.0636. The molecule has 0 unspecified atom stereocenters. The summed E-state index contributed by atoms with van der Waals surface area (Å²) in [4.78, 5) is 25.1. The van der Waals surface area contributed by atoms with Crippen molar-refractivity contribution in [3.63, 3.8) is 0 Å². The van der Waals surface area contributed by atoms with Gasteiger partial charge in [0.05, 0.1) is 10.7 Å². The number of nitrogens with one attached hydrogen (secondary N) is 1. The Morgan fingerprint density at radius 3 is 2.67 bits per heavy atom. The van der Waals surface area contributed by atoms with Crippen molar-refractivity contribution in [1.29, 1.82) is 0 Å². The van der Waals surface area contributed by atoms with Crippen LogP contribution in [0.5, 0.6) is 0 Å². The first-order valence-corrected chi connectivity index (χ1v) is 5.57. The van der Waals surface area contributed by atoms with Crippen molar-refractivity contribution >= 4 is 35.1 Å². The Hall–Kier alpha value is -1.84. The Labute approximate surface area is 110 Å². The van der Waals surface area contributed by atoms with Crippen molar-refractivity contribution in [2.24, 2.45) is 4.99 Å². The fourth-order valence-corrected chi connectivity index (χ4v) is 1.31. The van der Waals surface area contributed by atoms with Crippen LogP contribution >= 0.6 is 11.6 Å². The summed E-state index contributed by atoms with van der Waals surface area (Å²) in [6.07, 6.45) is 0.798. The van der Waals surface area contributed by atoms with Gasteiger partial charge in [0, 0.05) is 5.69 Å². The molecule has 6 heteroatoms. The molecule has 0 bridgehead atoms. The minimum absolute atomic E-state index is 0.236. The largest absolute Gasteiger partial charge is 0.444 e. The molecule has 0 heterocycles. The van der Waals surface area contributed by atoms with Crippen LogP contribution in [0.15, 0.2) is 23.2 Å². The minimum Gasteiger partial charge on any atom is -0.444 e. The van der Waals surface area contributed by atoms with Crippen LogP contribution in [-0.2, 0) is 9.53 Å². The van der Waals surface area contributed by atoms with Crippen LogP contribution in [0.2, 0.25) is 5.02 Å². The average molecular weight is 269 g/mol. The quantitative estimate of drug-likeness (QED) is 0.657. The van der Waals surface area contributed by atoms with Crippen molar-refractivity contribution in [2.75, 3.05) is 5.32 Å². The van der Waals surface area contributed by atoms with E-state index < -0.39 is 11.7 Å². The highest BCUT2D eigenvalue weighted by molar-refractivity contribution is 6.33. The number of nitrogens with zero attached hydrogens (tertiary/aromatic N) is 1. The number of isocyanates is 1. The molecule has 0 aliphatic carbocycles. The number of anilines is 1. The molecule has 1 rings (SSSR count). The lowest BCUT2D eigenvalue weighted by Crippen LogP contribution is -2.27. The number of halogens is 1. The molecule has 1 N–H and O–H groups in total. The van der Waals surface area contributed by atoms with Gasteiger partial charge in [0.1, 0.15) is 5.60 Å². The third kappa shape index (κ3) is 4.57. The molecule has 0 aliphatic heterocycles. The molecule has 0 radical (unpaired) electrons. The van der Waals surface area contributed by atoms with E-state index >= 15 is 0 Å². The van der Waals surface area contributed by atoms with Gasteiger partial charge < -0.3 is 4.74 Å². The molecule has 1 aromatic carbocycles. The van der Waals surface area contributed by atoms with E-state index in [-0.39, 0.29) is 5.69 Å². The highest BCUT2D eigenvalue weighted by Crippen LogP contribution is 2.27. The van der Waals surface area contributed by atoms with E-state index in [1.165, 1.54) is 18.2 Å². The van der Waals surface area contributed by atoms with Gasteiger partial charge in [0.25, 0.3) is 0 Å². The van der Waals surface area contributed by atoms with E-state index in [0.717, 1.165) is 0 Å². The van der Waals surface area contributed by atoms with E-state index in [0.29, 0.717) is 10.7 Å². The molecule has 18 heavy (non-hydrogen) atoms. The standard InChI is InChI=1S/C12H13ClN2O3/c1-12(2,3)18-11(17)15-8-4-5-9(13)10(6-8)14-7-16/h4-6H,1-3H3,(H,15,17). The summed E-state index contributed by atoms with van der Waals surface area (Å²) in [6.45, 7) is 5.28. The predicted octanol–water partition coefficient (Wildman–Crippen LogP) is 3.65. The zero-order chi connectivity index (χ0) is 13.8. The third-order valence-corrected chi connectivity index (χ3v) is 2.08. The van der Waals surface area contributed by atoms with Crippen LogP contribution in [0.4, 0.5) is 16.2 Å². The maximum Gasteiger partial charge on any atom is 0.412 e. The summed E-state index contributed by atoms with van der Waals surface area (Å²) in [6, 6.07) is 4.55. The topological polar surface area (TPSA) is 67.8 Å². The van der Waals surface area contributed by atoms with Gasteiger partial charge >= 0.3 is 6.09 Å². The summed E-state index contributed by atoms with van der Waals surface area (Å²) >= 11 is 5.80. The van der Waals surface area contributed by atoms with E-state index in [9.17, 15) is 9.59 Å².